The van der Waals surface area contributed by atoms with Crippen LogP contribution in [0.3, 0.4) is 0 Å². The number of halogens is 1. The zero-order valence-electron chi connectivity index (χ0n) is 9.63. The summed E-state index contributed by atoms with van der Waals surface area (Å²) in [4.78, 5) is 11.6. The number of hydrogen-bond donors (Lipinski definition) is 2. The number of carbonyl (C=O) groups excluding carboxylic acids is 1. The lowest BCUT2D eigenvalue weighted by molar-refractivity contribution is 0.121. The number of carbonyl (C=O) groups is 1. The quantitative estimate of drug-likeness (QED) is 0.853. The van der Waals surface area contributed by atoms with E-state index < -0.39 is 6.09 Å². The number of hydrogen-bond acceptors (Lipinski definition) is 3. The number of amides is 1. The summed E-state index contributed by atoms with van der Waals surface area (Å²) in [6, 6.07) is 5.37. The van der Waals surface area contributed by atoms with E-state index in [-0.39, 0.29) is 6.10 Å². The molecule has 0 spiro atoms. The van der Waals surface area contributed by atoms with Gasteiger partial charge >= 0.3 is 6.09 Å². The first kappa shape index (κ1) is 12.2. The van der Waals surface area contributed by atoms with Gasteiger partial charge in [-0.15, -0.1) is 0 Å². The van der Waals surface area contributed by atoms with E-state index in [4.69, 9.17) is 16.3 Å². The highest BCUT2D eigenvalue weighted by atomic mass is 35.5. The van der Waals surface area contributed by atoms with Crippen molar-refractivity contribution in [3.05, 3.63) is 28.8 Å². The average molecular weight is 255 g/mol. The molecule has 1 unspecified atom stereocenters. The van der Waals surface area contributed by atoms with Crippen molar-refractivity contribution in [2.45, 2.75) is 19.4 Å². The molecule has 1 atom stereocenters. The summed E-state index contributed by atoms with van der Waals surface area (Å²) in [6.45, 7) is 3.53. The molecule has 1 fully saturated rings. The average Bonchev–Trinajstić information content (AvgIpc) is 2.76. The normalized spacial score (nSPS) is 19.1. The van der Waals surface area contributed by atoms with E-state index in [1.54, 1.807) is 12.1 Å². The van der Waals surface area contributed by atoms with E-state index in [0.29, 0.717) is 10.7 Å². The Morgan fingerprint density at radius 1 is 1.59 bits per heavy atom. The summed E-state index contributed by atoms with van der Waals surface area (Å²) in [6.07, 6.45) is 0.400. The van der Waals surface area contributed by atoms with Crippen molar-refractivity contribution in [2.24, 2.45) is 0 Å². The van der Waals surface area contributed by atoms with Gasteiger partial charge in [0, 0.05) is 17.3 Å². The van der Waals surface area contributed by atoms with Gasteiger partial charge in [-0.1, -0.05) is 17.7 Å². The Balaban J connectivity index is 1.90. The van der Waals surface area contributed by atoms with Crippen LogP contribution in [0, 0.1) is 6.92 Å². The molecule has 0 aromatic heterocycles. The fraction of sp³-hybridized carbons (Fsp3) is 0.417. The molecule has 92 valence electrons. The maximum Gasteiger partial charge on any atom is 0.411 e. The molecule has 1 aromatic carbocycles. The van der Waals surface area contributed by atoms with Gasteiger partial charge in [0.15, 0.2) is 0 Å². The van der Waals surface area contributed by atoms with Crippen molar-refractivity contribution in [1.29, 1.82) is 0 Å². The van der Waals surface area contributed by atoms with Crippen LogP contribution in [0.2, 0.25) is 5.02 Å². The minimum absolute atomic E-state index is 0.0316. The molecule has 2 rings (SSSR count). The van der Waals surface area contributed by atoms with E-state index in [2.05, 4.69) is 10.6 Å². The summed E-state index contributed by atoms with van der Waals surface area (Å²) in [5.74, 6) is 0. The Morgan fingerprint density at radius 2 is 2.41 bits per heavy atom. The highest BCUT2D eigenvalue weighted by Crippen LogP contribution is 2.20. The molecule has 1 saturated heterocycles. The molecule has 0 aliphatic carbocycles. The van der Waals surface area contributed by atoms with Crippen LogP contribution in [0.15, 0.2) is 18.2 Å². The topological polar surface area (TPSA) is 50.4 Å². The van der Waals surface area contributed by atoms with Gasteiger partial charge < -0.3 is 10.1 Å². The predicted molar refractivity (Wildman–Crippen MR) is 67.6 cm³/mol. The van der Waals surface area contributed by atoms with Crippen molar-refractivity contribution in [2.75, 3.05) is 18.4 Å². The lowest BCUT2D eigenvalue weighted by atomic mass is 10.2. The largest absolute Gasteiger partial charge is 0.445 e. The molecule has 4 nitrogen and oxygen atoms in total. The summed E-state index contributed by atoms with van der Waals surface area (Å²) in [5.41, 5.74) is 1.63. The molecule has 2 N–H and O–H groups in total. The van der Waals surface area contributed by atoms with Crippen LogP contribution in [0.1, 0.15) is 12.0 Å². The zero-order valence-corrected chi connectivity index (χ0v) is 10.4. The standard InChI is InChI=1S/C12H15ClN2O2/c1-8-2-3-9(6-11(8)13)15-12(16)17-10-4-5-14-7-10/h2-3,6,10,14H,4-5,7H2,1H3,(H,15,16). The summed E-state index contributed by atoms with van der Waals surface area (Å²) in [7, 11) is 0. The molecule has 1 aliphatic heterocycles. The number of aryl methyl sites for hydroxylation is 1. The Labute approximate surface area is 105 Å². The summed E-state index contributed by atoms with van der Waals surface area (Å²) < 4.78 is 5.23. The highest BCUT2D eigenvalue weighted by molar-refractivity contribution is 6.31. The van der Waals surface area contributed by atoms with Crippen molar-refractivity contribution >= 4 is 23.4 Å². The molecule has 1 aliphatic rings. The molecule has 17 heavy (non-hydrogen) atoms. The van der Waals surface area contributed by atoms with E-state index in [0.717, 1.165) is 25.1 Å². The van der Waals surface area contributed by atoms with Gasteiger partial charge in [0.1, 0.15) is 6.10 Å². The molecule has 5 heteroatoms. The molecule has 1 heterocycles. The molecular weight excluding hydrogens is 240 g/mol. The number of benzene rings is 1. The van der Waals surface area contributed by atoms with E-state index in [9.17, 15) is 4.79 Å². The van der Waals surface area contributed by atoms with Gasteiger partial charge in [-0.05, 0) is 37.6 Å². The third-order valence-corrected chi connectivity index (χ3v) is 3.11. The second kappa shape index (κ2) is 5.38. The fourth-order valence-electron chi connectivity index (χ4n) is 1.70. The van der Waals surface area contributed by atoms with E-state index >= 15 is 0 Å². The molecular formula is C12H15ClN2O2. The Morgan fingerprint density at radius 3 is 3.06 bits per heavy atom. The summed E-state index contributed by atoms with van der Waals surface area (Å²) >= 11 is 5.97. The van der Waals surface area contributed by atoms with Crippen LogP contribution < -0.4 is 10.6 Å². The van der Waals surface area contributed by atoms with Crippen molar-refractivity contribution in [3.8, 4) is 0 Å². The van der Waals surface area contributed by atoms with Crippen LogP contribution in [-0.2, 0) is 4.74 Å². The minimum atomic E-state index is -0.432. The van der Waals surface area contributed by atoms with Gasteiger partial charge in [0.25, 0.3) is 0 Å². The highest BCUT2D eigenvalue weighted by Gasteiger charge is 2.18. The lowest BCUT2D eigenvalue weighted by Gasteiger charge is -2.12. The lowest BCUT2D eigenvalue weighted by Crippen LogP contribution is -2.24. The second-order valence-electron chi connectivity index (χ2n) is 4.11. The zero-order chi connectivity index (χ0) is 12.3. The first-order valence-electron chi connectivity index (χ1n) is 5.59. The van der Waals surface area contributed by atoms with Crippen LogP contribution in [0.25, 0.3) is 0 Å². The minimum Gasteiger partial charge on any atom is -0.445 e. The Bertz CT molecular complexity index is 417. The van der Waals surface area contributed by atoms with Gasteiger partial charge in [-0.3, -0.25) is 5.32 Å². The molecule has 0 radical (unpaired) electrons. The third kappa shape index (κ3) is 3.35. The predicted octanol–water partition coefficient (Wildman–Crippen LogP) is 2.56. The van der Waals surface area contributed by atoms with Crippen molar-refractivity contribution < 1.29 is 9.53 Å². The van der Waals surface area contributed by atoms with Gasteiger partial charge in [-0.2, -0.15) is 0 Å². The monoisotopic (exact) mass is 254 g/mol. The van der Waals surface area contributed by atoms with Crippen LogP contribution in [0.5, 0.6) is 0 Å². The van der Waals surface area contributed by atoms with E-state index in [1.807, 2.05) is 13.0 Å². The maximum absolute atomic E-state index is 11.6. The van der Waals surface area contributed by atoms with E-state index in [1.165, 1.54) is 0 Å². The second-order valence-corrected chi connectivity index (χ2v) is 4.52. The van der Waals surface area contributed by atoms with Gasteiger partial charge in [-0.25, -0.2) is 4.79 Å². The van der Waals surface area contributed by atoms with Crippen LogP contribution in [-0.4, -0.2) is 25.3 Å². The van der Waals surface area contributed by atoms with Crippen LogP contribution in [0.4, 0.5) is 10.5 Å². The molecule has 0 saturated carbocycles. The van der Waals surface area contributed by atoms with Gasteiger partial charge in [0.05, 0.1) is 0 Å². The number of ether oxygens (including phenoxy) is 1. The number of anilines is 1. The Kier molecular flexibility index (Phi) is 3.86. The smallest absolute Gasteiger partial charge is 0.411 e. The van der Waals surface area contributed by atoms with Gasteiger partial charge in [0.2, 0.25) is 0 Å². The number of nitrogens with one attached hydrogen (secondary N) is 2. The first-order chi connectivity index (χ1) is 8.15. The van der Waals surface area contributed by atoms with Crippen molar-refractivity contribution in [1.82, 2.24) is 5.32 Å². The van der Waals surface area contributed by atoms with Crippen molar-refractivity contribution in [3.63, 3.8) is 0 Å². The first-order valence-corrected chi connectivity index (χ1v) is 5.97. The fourth-order valence-corrected chi connectivity index (χ4v) is 1.88. The molecule has 1 amide bonds. The number of rotatable bonds is 2. The SMILES string of the molecule is Cc1ccc(NC(=O)OC2CCNC2)cc1Cl. The van der Waals surface area contributed by atoms with Crippen LogP contribution >= 0.6 is 11.6 Å². The third-order valence-electron chi connectivity index (χ3n) is 2.71. The molecule has 1 aromatic rings. The summed E-state index contributed by atoms with van der Waals surface area (Å²) in [5, 5.41) is 6.43. The maximum atomic E-state index is 11.6. The molecule has 0 bridgehead atoms. The Hall–Kier alpha value is -1.26.